The van der Waals surface area contributed by atoms with Crippen LogP contribution in [0.1, 0.15) is 36.0 Å². The lowest BCUT2D eigenvalue weighted by molar-refractivity contribution is 0.0925. The number of carbonyl (C=O) groups is 1. The summed E-state index contributed by atoms with van der Waals surface area (Å²) < 4.78 is 5.17. The standard InChI is InChI=1S/C19H23N3O2/c1-24-18-8-2-13(3-9-18)14-10-15(12-21-11-14)19(23)22-17-6-4-16(20)5-7-17/h2-3,8-12,16-17H,4-7,20H2,1H3,(H,22,23). The van der Waals surface area contributed by atoms with Gasteiger partial charge in [-0.2, -0.15) is 0 Å². The Labute approximate surface area is 142 Å². The van der Waals surface area contributed by atoms with Crippen molar-refractivity contribution in [1.29, 1.82) is 0 Å². The molecule has 3 rings (SSSR count). The second-order valence-corrected chi connectivity index (χ2v) is 6.28. The van der Waals surface area contributed by atoms with Gasteiger partial charge in [-0.15, -0.1) is 0 Å². The lowest BCUT2D eigenvalue weighted by Gasteiger charge is -2.26. The summed E-state index contributed by atoms with van der Waals surface area (Å²) in [6.45, 7) is 0. The molecule has 0 aliphatic heterocycles. The summed E-state index contributed by atoms with van der Waals surface area (Å²) in [6.07, 6.45) is 7.19. The Morgan fingerprint density at radius 2 is 1.83 bits per heavy atom. The van der Waals surface area contributed by atoms with Gasteiger partial charge in [0.2, 0.25) is 0 Å². The largest absolute Gasteiger partial charge is 0.497 e. The van der Waals surface area contributed by atoms with Gasteiger partial charge in [-0.05, 0) is 49.4 Å². The number of nitrogens with one attached hydrogen (secondary N) is 1. The number of rotatable bonds is 4. The molecule has 24 heavy (non-hydrogen) atoms. The number of benzene rings is 1. The fraction of sp³-hybridized carbons (Fsp3) is 0.368. The van der Waals surface area contributed by atoms with Crippen LogP contribution in [0.15, 0.2) is 42.7 Å². The molecule has 1 fully saturated rings. The number of pyridine rings is 1. The number of nitrogens with zero attached hydrogens (tertiary/aromatic N) is 1. The van der Waals surface area contributed by atoms with E-state index in [2.05, 4.69) is 10.3 Å². The molecule has 1 aromatic heterocycles. The van der Waals surface area contributed by atoms with Gasteiger partial charge in [-0.3, -0.25) is 9.78 Å². The molecule has 1 aliphatic carbocycles. The summed E-state index contributed by atoms with van der Waals surface area (Å²) >= 11 is 0. The summed E-state index contributed by atoms with van der Waals surface area (Å²) in [4.78, 5) is 16.7. The van der Waals surface area contributed by atoms with E-state index in [-0.39, 0.29) is 18.0 Å². The van der Waals surface area contributed by atoms with Gasteiger partial charge in [-0.1, -0.05) is 12.1 Å². The zero-order chi connectivity index (χ0) is 16.9. The Balaban J connectivity index is 1.71. The SMILES string of the molecule is COc1ccc(-c2cncc(C(=O)NC3CCC(N)CC3)c2)cc1. The molecule has 1 amide bonds. The van der Waals surface area contributed by atoms with E-state index in [0.717, 1.165) is 42.6 Å². The highest BCUT2D eigenvalue weighted by Gasteiger charge is 2.20. The average Bonchev–Trinajstić information content (AvgIpc) is 2.64. The van der Waals surface area contributed by atoms with Crippen LogP contribution in [-0.2, 0) is 0 Å². The van der Waals surface area contributed by atoms with E-state index in [1.54, 1.807) is 19.5 Å². The molecular weight excluding hydrogens is 302 g/mol. The third-order valence-electron chi connectivity index (χ3n) is 4.53. The first kappa shape index (κ1) is 16.5. The molecule has 126 valence electrons. The average molecular weight is 325 g/mol. The van der Waals surface area contributed by atoms with E-state index < -0.39 is 0 Å². The van der Waals surface area contributed by atoms with E-state index in [4.69, 9.17) is 10.5 Å². The highest BCUT2D eigenvalue weighted by atomic mass is 16.5. The van der Waals surface area contributed by atoms with Crippen LogP contribution in [0.25, 0.3) is 11.1 Å². The quantitative estimate of drug-likeness (QED) is 0.906. The van der Waals surface area contributed by atoms with Crippen molar-refractivity contribution >= 4 is 5.91 Å². The van der Waals surface area contributed by atoms with Crippen molar-refractivity contribution in [2.45, 2.75) is 37.8 Å². The molecular formula is C19H23N3O2. The lowest BCUT2D eigenvalue weighted by Crippen LogP contribution is -2.40. The number of nitrogens with two attached hydrogens (primary N) is 1. The third kappa shape index (κ3) is 3.92. The Kier molecular flexibility index (Phi) is 5.11. The number of hydrogen-bond donors (Lipinski definition) is 2. The van der Waals surface area contributed by atoms with E-state index in [1.165, 1.54) is 0 Å². The fourth-order valence-electron chi connectivity index (χ4n) is 3.04. The zero-order valence-corrected chi connectivity index (χ0v) is 13.9. The van der Waals surface area contributed by atoms with Crippen molar-refractivity contribution in [2.24, 2.45) is 5.73 Å². The monoisotopic (exact) mass is 325 g/mol. The van der Waals surface area contributed by atoms with Gasteiger partial charge in [0.15, 0.2) is 0 Å². The number of hydrogen-bond acceptors (Lipinski definition) is 4. The zero-order valence-electron chi connectivity index (χ0n) is 13.9. The van der Waals surface area contributed by atoms with Gasteiger partial charge in [-0.25, -0.2) is 0 Å². The Hall–Kier alpha value is -2.40. The lowest BCUT2D eigenvalue weighted by atomic mass is 9.91. The number of carbonyl (C=O) groups excluding carboxylic acids is 1. The van der Waals surface area contributed by atoms with Gasteiger partial charge in [0, 0.05) is 30.0 Å². The third-order valence-corrected chi connectivity index (χ3v) is 4.53. The minimum absolute atomic E-state index is 0.0710. The van der Waals surface area contributed by atoms with Crippen LogP contribution in [-0.4, -0.2) is 30.1 Å². The van der Waals surface area contributed by atoms with Crippen LogP contribution in [0.5, 0.6) is 5.75 Å². The molecule has 1 saturated carbocycles. The molecule has 0 radical (unpaired) electrons. The summed E-state index contributed by atoms with van der Waals surface area (Å²) in [6, 6.07) is 10.1. The maximum Gasteiger partial charge on any atom is 0.253 e. The van der Waals surface area contributed by atoms with Crippen molar-refractivity contribution in [3.05, 3.63) is 48.3 Å². The number of methoxy groups -OCH3 is 1. The van der Waals surface area contributed by atoms with Crippen molar-refractivity contribution in [3.63, 3.8) is 0 Å². The highest BCUT2D eigenvalue weighted by Crippen LogP contribution is 2.23. The highest BCUT2D eigenvalue weighted by molar-refractivity contribution is 5.95. The van der Waals surface area contributed by atoms with Crippen LogP contribution in [0.2, 0.25) is 0 Å². The number of ether oxygens (including phenoxy) is 1. The van der Waals surface area contributed by atoms with Crippen LogP contribution in [0, 0.1) is 0 Å². The van der Waals surface area contributed by atoms with E-state index in [0.29, 0.717) is 5.56 Å². The van der Waals surface area contributed by atoms with E-state index in [9.17, 15) is 4.79 Å². The number of amides is 1. The minimum Gasteiger partial charge on any atom is -0.497 e. The predicted molar refractivity (Wildman–Crippen MR) is 93.9 cm³/mol. The first-order valence-corrected chi connectivity index (χ1v) is 8.31. The fourth-order valence-corrected chi connectivity index (χ4v) is 3.04. The first-order valence-electron chi connectivity index (χ1n) is 8.31. The van der Waals surface area contributed by atoms with Gasteiger partial charge in [0.05, 0.1) is 12.7 Å². The molecule has 0 spiro atoms. The topological polar surface area (TPSA) is 77.2 Å². The summed E-state index contributed by atoms with van der Waals surface area (Å²) in [5.74, 6) is 0.731. The predicted octanol–water partition coefficient (Wildman–Crippen LogP) is 2.76. The minimum atomic E-state index is -0.0710. The second-order valence-electron chi connectivity index (χ2n) is 6.28. The van der Waals surface area contributed by atoms with Crippen molar-refractivity contribution in [2.75, 3.05) is 7.11 Å². The van der Waals surface area contributed by atoms with Gasteiger partial charge < -0.3 is 15.8 Å². The molecule has 5 heteroatoms. The van der Waals surface area contributed by atoms with E-state index in [1.807, 2.05) is 30.3 Å². The number of aromatic nitrogens is 1. The van der Waals surface area contributed by atoms with Crippen molar-refractivity contribution in [1.82, 2.24) is 10.3 Å². The molecule has 5 nitrogen and oxygen atoms in total. The molecule has 0 saturated heterocycles. The first-order chi connectivity index (χ1) is 11.7. The van der Waals surface area contributed by atoms with Gasteiger partial charge >= 0.3 is 0 Å². The van der Waals surface area contributed by atoms with Gasteiger partial charge in [0.25, 0.3) is 5.91 Å². The van der Waals surface area contributed by atoms with Crippen molar-refractivity contribution < 1.29 is 9.53 Å². The molecule has 1 heterocycles. The van der Waals surface area contributed by atoms with E-state index >= 15 is 0 Å². The molecule has 0 unspecified atom stereocenters. The Bertz CT molecular complexity index is 692. The summed E-state index contributed by atoms with van der Waals surface area (Å²) in [5.41, 5.74) is 8.41. The molecule has 0 bridgehead atoms. The molecule has 0 atom stereocenters. The second kappa shape index (κ2) is 7.45. The van der Waals surface area contributed by atoms with Crippen LogP contribution in [0.4, 0.5) is 0 Å². The Morgan fingerprint density at radius 1 is 1.12 bits per heavy atom. The molecule has 1 aromatic carbocycles. The van der Waals surface area contributed by atoms with Gasteiger partial charge in [0.1, 0.15) is 5.75 Å². The molecule has 3 N–H and O–H groups in total. The van der Waals surface area contributed by atoms with Crippen LogP contribution < -0.4 is 15.8 Å². The normalized spacial score (nSPS) is 20.4. The molecule has 1 aliphatic rings. The summed E-state index contributed by atoms with van der Waals surface area (Å²) in [5, 5.41) is 3.10. The van der Waals surface area contributed by atoms with Crippen molar-refractivity contribution in [3.8, 4) is 16.9 Å². The Morgan fingerprint density at radius 3 is 2.50 bits per heavy atom. The smallest absolute Gasteiger partial charge is 0.253 e. The maximum atomic E-state index is 12.5. The molecule has 2 aromatic rings. The van der Waals surface area contributed by atoms with Crippen LogP contribution >= 0.6 is 0 Å². The maximum absolute atomic E-state index is 12.5. The van der Waals surface area contributed by atoms with Crippen LogP contribution in [0.3, 0.4) is 0 Å². The summed E-state index contributed by atoms with van der Waals surface area (Å²) in [7, 11) is 1.64.